The number of unbranched alkanes of at least 4 members (excludes halogenated alkanes) is 11. The Kier molecular flexibility index (Phi) is 13.3. The van der Waals surface area contributed by atoms with Crippen molar-refractivity contribution >= 4 is 12.0 Å². The Morgan fingerprint density at radius 1 is 0.758 bits per heavy atom. The standard InChI is InChI=1S/C31H44O2/c1-3-5-7-9-11-13-15-17-26-19-22-28(23-20-26)30-25-27(21-24-29(30)31(32)33)18-16-14-12-10-8-6-4-2/h16,18-25H,3-15,17H2,1-2H3,(H,32,33). The van der Waals surface area contributed by atoms with Gasteiger partial charge in [0.25, 0.3) is 0 Å². The highest BCUT2D eigenvalue weighted by molar-refractivity contribution is 5.96. The summed E-state index contributed by atoms with van der Waals surface area (Å²) in [6.45, 7) is 4.49. The van der Waals surface area contributed by atoms with E-state index in [2.05, 4.69) is 50.3 Å². The first-order valence-electron chi connectivity index (χ1n) is 13.3. The molecule has 0 unspecified atom stereocenters. The van der Waals surface area contributed by atoms with Gasteiger partial charge in [0, 0.05) is 0 Å². The molecule has 2 nitrogen and oxygen atoms in total. The average Bonchev–Trinajstić information content (AvgIpc) is 2.83. The highest BCUT2D eigenvalue weighted by Crippen LogP contribution is 2.27. The maximum absolute atomic E-state index is 11.8. The third-order valence-corrected chi connectivity index (χ3v) is 6.39. The molecule has 0 amide bonds. The predicted octanol–water partition coefficient (Wildman–Crippen LogP) is 9.72. The van der Waals surface area contributed by atoms with Gasteiger partial charge in [0.2, 0.25) is 0 Å². The van der Waals surface area contributed by atoms with E-state index in [1.165, 1.54) is 82.6 Å². The molecule has 0 aliphatic carbocycles. The van der Waals surface area contributed by atoms with Gasteiger partial charge in [-0.25, -0.2) is 4.79 Å². The van der Waals surface area contributed by atoms with Crippen LogP contribution in [0.25, 0.3) is 17.2 Å². The lowest BCUT2D eigenvalue weighted by molar-refractivity contribution is 0.0697. The molecule has 0 atom stereocenters. The number of aromatic carboxylic acids is 1. The predicted molar refractivity (Wildman–Crippen MR) is 143 cm³/mol. The number of benzene rings is 2. The summed E-state index contributed by atoms with van der Waals surface area (Å²) in [5.74, 6) is -0.872. The minimum absolute atomic E-state index is 0.367. The first-order valence-corrected chi connectivity index (χ1v) is 13.3. The van der Waals surface area contributed by atoms with Crippen LogP contribution in [0.4, 0.5) is 0 Å². The number of carboxylic acid groups (broad SMARTS) is 1. The lowest BCUT2D eigenvalue weighted by atomic mass is 9.95. The van der Waals surface area contributed by atoms with E-state index >= 15 is 0 Å². The number of hydrogen-bond acceptors (Lipinski definition) is 1. The summed E-state index contributed by atoms with van der Waals surface area (Å²) in [6, 6.07) is 14.2. The normalized spacial score (nSPS) is 11.3. The quantitative estimate of drug-likeness (QED) is 0.244. The number of rotatable bonds is 17. The van der Waals surface area contributed by atoms with Crippen molar-refractivity contribution in [3.8, 4) is 11.1 Å². The van der Waals surface area contributed by atoms with Crippen LogP contribution in [-0.4, -0.2) is 11.1 Å². The fraction of sp³-hybridized carbons (Fsp3) is 0.516. The van der Waals surface area contributed by atoms with Gasteiger partial charge in [0.1, 0.15) is 0 Å². The van der Waals surface area contributed by atoms with Crippen LogP contribution in [0.2, 0.25) is 0 Å². The van der Waals surface area contributed by atoms with E-state index in [4.69, 9.17) is 0 Å². The summed E-state index contributed by atoms with van der Waals surface area (Å²) in [4.78, 5) is 11.8. The van der Waals surface area contributed by atoms with Gasteiger partial charge in [-0.05, 0) is 60.1 Å². The van der Waals surface area contributed by atoms with E-state index in [0.717, 1.165) is 29.5 Å². The van der Waals surface area contributed by atoms with E-state index in [9.17, 15) is 9.90 Å². The fourth-order valence-electron chi connectivity index (χ4n) is 4.31. The SMILES string of the molecule is CCCCCCCC=Cc1ccc(C(=O)O)c(-c2ccc(CCCCCCCCC)cc2)c1. The Morgan fingerprint density at radius 2 is 1.36 bits per heavy atom. The first-order chi connectivity index (χ1) is 16.2. The van der Waals surface area contributed by atoms with Crippen molar-refractivity contribution in [3.63, 3.8) is 0 Å². The molecule has 0 aromatic heterocycles. The monoisotopic (exact) mass is 448 g/mol. The van der Waals surface area contributed by atoms with E-state index in [1.807, 2.05) is 12.1 Å². The van der Waals surface area contributed by atoms with Crippen LogP contribution in [0.1, 0.15) is 119 Å². The number of aryl methyl sites for hydroxylation is 1. The zero-order valence-electron chi connectivity index (χ0n) is 21.0. The van der Waals surface area contributed by atoms with E-state index in [-0.39, 0.29) is 0 Å². The molecule has 0 fully saturated rings. The Balaban J connectivity index is 1.95. The summed E-state index contributed by atoms with van der Waals surface area (Å²) >= 11 is 0. The van der Waals surface area contributed by atoms with Crippen molar-refractivity contribution in [2.24, 2.45) is 0 Å². The lowest BCUT2D eigenvalue weighted by Gasteiger charge is -2.09. The van der Waals surface area contributed by atoms with Crippen molar-refractivity contribution in [1.82, 2.24) is 0 Å². The second kappa shape index (κ2) is 16.3. The summed E-state index contributed by atoms with van der Waals surface area (Å²) in [5, 5.41) is 9.69. The van der Waals surface area contributed by atoms with E-state index in [1.54, 1.807) is 6.07 Å². The lowest BCUT2D eigenvalue weighted by Crippen LogP contribution is -2.00. The topological polar surface area (TPSA) is 37.3 Å². The molecular formula is C31H44O2. The molecule has 33 heavy (non-hydrogen) atoms. The van der Waals surface area contributed by atoms with Crippen LogP contribution in [0.15, 0.2) is 48.5 Å². The van der Waals surface area contributed by atoms with Gasteiger partial charge in [-0.15, -0.1) is 0 Å². The summed E-state index contributed by atoms with van der Waals surface area (Å²) in [7, 11) is 0. The van der Waals surface area contributed by atoms with Gasteiger partial charge in [-0.2, -0.15) is 0 Å². The van der Waals surface area contributed by atoms with Gasteiger partial charge in [0.15, 0.2) is 0 Å². The van der Waals surface area contributed by atoms with Crippen molar-refractivity contribution in [2.45, 2.75) is 104 Å². The van der Waals surface area contributed by atoms with Crippen LogP contribution in [0.3, 0.4) is 0 Å². The molecule has 0 saturated carbocycles. The Morgan fingerprint density at radius 3 is 2.00 bits per heavy atom. The Bertz CT molecular complexity index is 833. The molecule has 0 radical (unpaired) electrons. The third-order valence-electron chi connectivity index (χ3n) is 6.39. The van der Waals surface area contributed by atoms with E-state index in [0.29, 0.717) is 5.56 Å². The highest BCUT2D eigenvalue weighted by Gasteiger charge is 2.12. The van der Waals surface area contributed by atoms with Gasteiger partial charge in [-0.1, -0.05) is 121 Å². The zero-order chi connectivity index (χ0) is 23.7. The number of carbonyl (C=O) groups is 1. The first kappa shape index (κ1) is 26.9. The second-order valence-electron chi connectivity index (χ2n) is 9.28. The molecule has 180 valence electrons. The highest BCUT2D eigenvalue weighted by atomic mass is 16.4. The molecule has 0 heterocycles. The summed E-state index contributed by atoms with van der Waals surface area (Å²) < 4.78 is 0. The maximum Gasteiger partial charge on any atom is 0.336 e. The minimum Gasteiger partial charge on any atom is -0.478 e. The van der Waals surface area contributed by atoms with Crippen molar-refractivity contribution in [2.75, 3.05) is 0 Å². The molecule has 2 aromatic rings. The van der Waals surface area contributed by atoms with Crippen LogP contribution in [0.5, 0.6) is 0 Å². The molecule has 2 aromatic carbocycles. The molecule has 0 aliphatic rings. The smallest absolute Gasteiger partial charge is 0.336 e. The number of carboxylic acids is 1. The molecule has 2 heteroatoms. The zero-order valence-corrected chi connectivity index (χ0v) is 21.0. The van der Waals surface area contributed by atoms with Crippen molar-refractivity contribution in [3.05, 3.63) is 65.2 Å². The molecule has 0 aliphatic heterocycles. The fourth-order valence-corrected chi connectivity index (χ4v) is 4.31. The van der Waals surface area contributed by atoms with Crippen LogP contribution in [0, 0.1) is 0 Å². The summed E-state index contributed by atoms with van der Waals surface area (Å²) in [6.07, 6.45) is 22.2. The summed E-state index contributed by atoms with van der Waals surface area (Å²) in [5.41, 5.74) is 4.55. The van der Waals surface area contributed by atoms with Gasteiger partial charge >= 0.3 is 5.97 Å². The average molecular weight is 449 g/mol. The van der Waals surface area contributed by atoms with Gasteiger partial charge in [0.05, 0.1) is 5.56 Å². The Labute approximate surface area is 202 Å². The third kappa shape index (κ3) is 10.4. The maximum atomic E-state index is 11.8. The second-order valence-corrected chi connectivity index (χ2v) is 9.28. The molecule has 0 saturated heterocycles. The Hall–Kier alpha value is -2.35. The van der Waals surface area contributed by atoms with Gasteiger partial charge < -0.3 is 5.11 Å². The van der Waals surface area contributed by atoms with Crippen molar-refractivity contribution < 1.29 is 9.90 Å². The van der Waals surface area contributed by atoms with Crippen LogP contribution in [-0.2, 0) is 6.42 Å². The minimum atomic E-state index is -0.872. The van der Waals surface area contributed by atoms with E-state index < -0.39 is 5.97 Å². The molecule has 2 rings (SSSR count). The van der Waals surface area contributed by atoms with Crippen LogP contribution < -0.4 is 0 Å². The van der Waals surface area contributed by atoms with Gasteiger partial charge in [-0.3, -0.25) is 0 Å². The van der Waals surface area contributed by atoms with Crippen LogP contribution >= 0.6 is 0 Å². The molecule has 0 bridgehead atoms. The largest absolute Gasteiger partial charge is 0.478 e. The number of allylic oxidation sites excluding steroid dienone is 1. The number of hydrogen-bond donors (Lipinski definition) is 1. The molecule has 1 N–H and O–H groups in total. The molecular weight excluding hydrogens is 404 g/mol. The molecule has 0 spiro atoms. The van der Waals surface area contributed by atoms with Crippen molar-refractivity contribution in [1.29, 1.82) is 0 Å².